The van der Waals surface area contributed by atoms with Gasteiger partial charge in [0.05, 0.1) is 10.9 Å². The van der Waals surface area contributed by atoms with Gasteiger partial charge in [-0.3, -0.25) is 4.55 Å². The molecule has 1 unspecified atom stereocenters. The van der Waals surface area contributed by atoms with Crippen LogP contribution in [0.15, 0.2) is 0 Å². The van der Waals surface area contributed by atoms with Crippen molar-refractivity contribution < 1.29 is 26.2 Å². The first-order valence-electron chi connectivity index (χ1n) is 6.44. The lowest BCUT2D eigenvalue weighted by Crippen LogP contribution is -2.71. The molecule has 0 aliphatic rings. The van der Waals surface area contributed by atoms with Crippen molar-refractivity contribution in [3.05, 3.63) is 0 Å². The zero-order valence-electron chi connectivity index (χ0n) is 13.1. The summed E-state index contributed by atoms with van der Waals surface area (Å²) in [6.07, 6.45) is 0.294. The van der Waals surface area contributed by atoms with E-state index in [1.54, 1.807) is 21.3 Å². The van der Waals surface area contributed by atoms with Crippen molar-refractivity contribution in [2.45, 2.75) is 32.4 Å². The van der Waals surface area contributed by atoms with E-state index < -0.39 is 24.1 Å². The molecule has 0 amide bonds. The van der Waals surface area contributed by atoms with Crippen LogP contribution < -0.4 is 5.32 Å². The summed E-state index contributed by atoms with van der Waals surface area (Å²) in [6, 6.07) is 0. The Morgan fingerprint density at radius 2 is 1.65 bits per heavy atom. The second-order valence-corrected chi connectivity index (χ2v) is 10.0. The molecular weight excluding hydrogens is 302 g/mol. The van der Waals surface area contributed by atoms with Gasteiger partial charge in [-0.05, 0) is 25.8 Å². The van der Waals surface area contributed by atoms with Gasteiger partial charge in [0.25, 0.3) is 10.1 Å². The van der Waals surface area contributed by atoms with Crippen LogP contribution in [0.1, 0.15) is 27.2 Å². The van der Waals surface area contributed by atoms with Gasteiger partial charge in [0.2, 0.25) is 0 Å². The summed E-state index contributed by atoms with van der Waals surface area (Å²) >= 11 is 0. The van der Waals surface area contributed by atoms with Crippen molar-refractivity contribution in [2.75, 3.05) is 33.6 Å². The van der Waals surface area contributed by atoms with Crippen LogP contribution in [0.2, 0.25) is 0 Å². The summed E-state index contributed by atoms with van der Waals surface area (Å²) in [5, 5.41) is 2.71. The highest BCUT2D eigenvalue weighted by molar-refractivity contribution is 7.85. The maximum absolute atomic E-state index is 10.7. The summed E-state index contributed by atoms with van der Waals surface area (Å²) in [5.74, 6) is -0.143. The van der Waals surface area contributed by atoms with Gasteiger partial charge in [-0.1, -0.05) is 13.8 Å². The van der Waals surface area contributed by atoms with Crippen LogP contribution in [0.4, 0.5) is 0 Å². The Morgan fingerprint density at radius 1 is 1.20 bits per heavy atom. The SMILES string of the molecule is CO[Si](OC)(OC)C(C)(NCCCS(=O)(=O)O)C(C)C. The van der Waals surface area contributed by atoms with Gasteiger partial charge < -0.3 is 18.6 Å². The molecule has 0 aliphatic heterocycles. The van der Waals surface area contributed by atoms with Crippen molar-refractivity contribution >= 4 is 18.9 Å². The number of nitrogens with one attached hydrogen (secondary N) is 1. The molecule has 0 rings (SSSR count). The lowest BCUT2D eigenvalue weighted by Gasteiger charge is -2.44. The van der Waals surface area contributed by atoms with Gasteiger partial charge in [-0.25, -0.2) is 0 Å². The average molecular weight is 329 g/mol. The van der Waals surface area contributed by atoms with E-state index in [0.29, 0.717) is 13.0 Å². The van der Waals surface area contributed by atoms with Crippen molar-refractivity contribution in [3.8, 4) is 0 Å². The lowest BCUT2D eigenvalue weighted by molar-refractivity contribution is 0.0718. The van der Waals surface area contributed by atoms with E-state index in [4.69, 9.17) is 17.8 Å². The Morgan fingerprint density at radius 3 is 1.95 bits per heavy atom. The van der Waals surface area contributed by atoms with Gasteiger partial charge >= 0.3 is 8.80 Å². The molecule has 0 aliphatic carbocycles. The molecule has 0 aromatic rings. The van der Waals surface area contributed by atoms with Crippen molar-refractivity contribution in [1.29, 1.82) is 0 Å². The van der Waals surface area contributed by atoms with Gasteiger partial charge in [-0.15, -0.1) is 0 Å². The quantitative estimate of drug-likeness (QED) is 0.346. The molecule has 0 saturated carbocycles. The largest absolute Gasteiger partial charge is 0.521 e. The standard InChI is InChI=1S/C11H27NO6SSi/c1-10(2)11(3,20(16-4,17-5)18-6)12-8-7-9-19(13,14)15/h10,12H,7-9H2,1-6H3,(H,13,14,15). The fraction of sp³-hybridized carbons (Fsp3) is 1.00. The van der Waals surface area contributed by atoms with Gasteiger partial charge in [0.1, 0.15) is 0 Å². The Labute approximate surface area is 123 Å². The van der Waals surface area contributed by atoms with Crippen molar-refractivity contribution in [1.82, 2.24) is 5.32 Å². The molecule has 1 atom stereocenters. The van der Waals surface area contributed by atoms with E-state index in [9.17, 15) is 8.42 Å². The molecule has 0 bridgehead atoms. The van der Waals surface area contributed by atoms with Crippen molar-refractivity contribution in [2.24, 2.45) is 5.92 Å². The zero-order chi connectivity index (χ0) is 16.0. The second kappa shape index (κ2) is 7.83. The van der Waals surface area contributed by atoms with E-state index in [-0.39, 0.29) is 11.7 Å². The maximum Gasteiger partial charge on any atom is 0.521 e. The highest BCUT2D eigenvalue weighted by atomic mass is 32.2. The normalized spacial score (nSPS) is 16.4. The van der Waals surface area contributed by atoms with Gasteiger partial charge in [0, 0.05) is 21.3 Å². The molecular formula is C11H27NO6SSi. The Balaban J connectivity index is 4.93. The summed E-state index contributed by atoms with van der Waals surface area (Å²) in [4.78, 5) is 0. The Bertz CT molecular complexity index is 376. The first-order chi connectivity index (χ1) is 9.08. The molecule has 122 valence electrons. The smallest absolute Gasteiger partial charge is 0.376 e. The Kier molecular flexibility index (Phi) is 7.82. The second-order valence-electron chi connectivity index (χ2n) is 5.09. The molecule has 0 fully saturated rings. The first kappa shape index (κ1) is 20.0. The van der Waals surface area contributed by atoms with Crippen LogP contribution in [0.25, 0.3) is 0 Å². The van der Waals surface area contributed by atoms with Gasteiger partial charge in [-0.2, -0.15) is 8.42 Å². The first-order valence-corrected chi connectivity index (χ1v) is 9.77. The van der Waals surface area contributed by atoms with Crippen LogP contribution in [0.3, 0.4) is 0 Å². The van der Waals surface area contributed by atoms with E-state index >= 15 is 0 Å². The topological polar surface area (TPSA) is 94.1 Å². The third kappa shape index (κ3) is 4.76. The highest BCUT2D eigenvalue weighted by Gasteiger charge is 2.58. The molecule has 0 radical (unpaired) electrons. The predicted octanol–water partition coefficient (Wildman–Crippen LogP) is 0.686. The summed E-state index contributed by atoms with van der Waals surface area (Å²) < 4.78 is 46.7. The molecule has 0 spiro atoms. The van der Waals surface area contributed by atoms with Crippen LogP contribution in [0.5, 0.6) is 0 Å². The minimum absolute atomic E-state index is 0.139. The van der Waals surface area contributed by atoms with E-state index in [1.807, 2.05) is 20.8 Å². The summed E-state index contributed by atoms with van der Waals surface area (Å²) in [7, 11) is -2.27. The predicted molar refractivity (Wildman–Crippen MR) is 79.1 cm³/mol. The fourth-order valence-corrected chi connectivity index (χ4v) is 5.48. The molecule has 20 heavy (non-hydrogen) atoms. The van der Waals surface area contributed by atoms with E-state index in [2.05, 4.69) is 5.32 Å². The van der Waals surface area contributed by atoms with E-state index in [1.165, 1.54) is 0 Å². The number of rotatable bonds is 10. The summed E-state index contributed by atoms with van der Waals surface area (Å²) in [5.41, 5.74) is 0. The van der Waals surface area contributed by atoms with Crippen LogP contribution in [-0.4, -0.2) is 60.6 Å². The monoisotopic (exact) mass is 329 g/mol. The zero-order valence-corrected chi connectivity index (χ0v) is 14.9. The maximum atomic E-state index is 10.7. The Hall–Kier alpha value is -0.0331. The third-order valence-corrected chi connectivity index (χ3v) is 8.11. The summed E-state index contributed by atoms with van der Waals surface area (Å²) in [6.45, 7) is 6.36. The highest BCUT2D eigenvalue weighted by Crippen LogP contribution is 2.30. The van der Waals surface area contributed by atoms with Crippen LogP contribution in [0, 0.1) is 5.92 Å². The van der Waals surface area contributed by atoms with Crippen LogP contribution in [-0.2, 0) is 23.4 Å². The van der Waals surface area contributed by atoms with Crippen molar-refractivity contribution in [3.63, 3.8) is 0 Å². The lowest BCUT2D eigenvalue weighted by atomic mass is 10.1. The molecule has 0 aromatic heterocycles. The van der Waals surface area contributed by atoms with Crippen LogP contribution >= 0.6 is 0 Å². The molecule has 9 heteroatoms. The minimum atomic E-state index is -3.94. The molecule has 0 aromatic carbocycles. The minimum Gasteiger partial charge on any atom is -0.376 e. The number of hydrogen-bond acceptors (Lipinski definition) is 6. The molecule has 0 saturated heterocycles. The molecule has 2 N–H and O–H groups in total. The molecule has 0 heterocycles. The third-order valence-electron chi connectivity index (χ3n) is 3.67. The van der Waals surface area contributed by atoms with Gasteiger partial charge in [0.15, 0.2) is 0 Å². The fourth-order valence-electron chi connectivity index (χ4n) is 2.15. The number of hydrogen-bond donors (Lipinski definition) is 2. The van der Waals surface area contributed by atoms with E-state index in [0.717, 1.165) is 0 Å². The molecule has 7 nitrogen and oxygen atoms in total. The average Bonchev–Trinajstić information content (AvgIpc) is 2.36.